The zero-order valence-corrected chi connectivity index (χ0v) is 12.4. The molecule has 0 fully saturated rings. The van der Waals surface area contributed by atoms with Gasteiger partial charge in [-0.25, -0.2) is 4.98 Å². The van der Waals surface area contributed by atoms with Gasteiger partial charge in [-0.1, -0.05) is 11.6 Å². The maximum atomic E-state index is 12.0. The van der Waals surface area contributed by atoms with Crippen molar-refractivity contribution in [2.45, 2.75) is 6.42 Å². The number of methoxy groups -OCH3 is 1. The predicted molar refractivity (Wildman–Crippen MR) is 76.6 cm³/mol. The van der Waals surface area contributed by atoms with E-state index in [0.29, 0.717) is 18.2 Å². The van der Waals surface area contributed by atoms with E-state index in [4.69, 9.17) is 16.3 Å². The van der Waals surface area contributed by atoms with Crippen LogP contribution >= 0.6 is 11.6 Å². The van der Waals surface area contributed by atoms with Crippen LogP contribution < -0.4 is 4.90 Å². The van der Waals surface area contributed by atoms with E-state index in [1.165, 1.54) is 0 Å². The van der Waals surface area contributed by atoms with Crippen LogP contribution in [-0.4, -0.2) is 56.7 Å². The van der Waals surface area contributed by atoms with E-state index in [1.54, 1.807) is 42.3 Å². The lowest BCUT2D eigenvalue weighted by molar-refractivity contribution is -0.128. The van der Waals surface area contributed by atoms with Gasteiger partial charge in [-0.05, 0) is 18.6 Å². The summed E-state index contributed by atoms with van der Waals surface area (Å²) < 4.78 is 4.96. The molecule has 19 heavy (non-hydrogen) atoms. The lowest BCUT2D eigenvalue weighted by Gasteiger charge is -2.22. The van der Waals surface area contributed by atoms with Gasteiger partial charge in [0.05, 0.1) is 11.6 Å². The Hall–Kier alpha value is -1.33. The topological polar surface area (TPSA) is 45.7 Å². The van der Waals surface area contributed by atoms with Crippen molar-refractivity contribution in [1.29, 1.82) is 0 Å². The molecule has 0 aromatic carbocycles. The van der Waals surface area contributed by atoms with Gasteiger partial charge in [-0.2, -0.15) is 0 Å². The molecule has 106 valence electrons. The molecule has 0 radical (unpaired) electrons. The van der Waals surface area contributed by atoms with Crippen molar-refractivity contribution in [1.82, 2.24) is 9.88 Å². The van der Waals surface area contributed by atoms with Gasteiger partial charge in [-0.15, -0.1) is 0 Å². The van der Waals surface area contributed by atoms with Crippen LogP contribution in [0.2, 0.25) is 5.02 Å². The average Bonchev–Trinajstić information content (AvgIpc) is 2.39. The highest BCUT2D eigenvalue weighted by Crippen LogP contribution is 2.12. The van der Waals surface area contributed by atoms with Gasteiger partial charge >= 0.3 is 0 Å². The summed E-state index contributed by atoms with van der Waals surface area (Å²) >= 11 is 5.78. The Morgan fingerprint density at radius 2 is 2.16 bits per heavy atom. The predicted octanol–water partition coefficient (Wildman–Crippen LogP) is 1.67. The van der Waals surface area contributed by atoms with Crippen molar-refractivity contribution in [2.24, 2.45) is 0 Å². The van der Waals surface area contributed by atoms with Crippen LogP contribution in [-0.2, 0) is 9.53 Å². The molecule has 0 bridgehead atoms. The van der Waals surface area contributed by atoms with Crippen LogP contribution in [0.1, 0.15) is 6.42 Å². The van der Waals surface area contributed by atoms with Gasteiger partial charge in [0.2, 0.25) is 5.91 Å². The number of amides is 1. The maximum absolute atomic E-state index is 12.0. The summed E-state index contributed by atoms with van der Waals surface area (Å²) in [5.74, 6) is 0.776. The van der Waals surface area contributed by atoms with Crippen molar-refractivity contribution in [3.8, 4) is 0 Å². The van der Waals surface area contributed by atoms with Gasteiger partial charge in [0.1, 0.15) is 5.82 Å². The zero-order valence-electron chi connectivity index (χ0n) is 11.6. The molecule has 0 saturated heterocycles. The Morgan fingerprint density at radius 1 is 1.42 bits per heavy atom. The Balaban J connectivity index is 2.44. The van der Waals surface area contributed by atoms with Crippen LogP contribution in [0.4, 0.5) is 5.82 Å². The van der Waals surface area contributed by atoms with Crippen molar-refractivity contribution < 1.29 is 9.53 Å². The van der Waals surface area contributed by atoms with E-state index in [-0.39, 0.29) is 12.5 Å². The van der Waals surface area contributed by atoms with Crippen molar-refractivity contribution in [3.63, 3.8) is 0 Å². The smallest absolute Gasteiger partial charge is 0.241 e. The van der Waals surface area contributed by atoms with Gasteiger partial charge in [0, 0.05) is 40.6 Å². The number of nitrogens with zero attached hydrogens (tertiary/aromatic N) is 3. The number of likely N-dealkylation sites (N-methyl/N-ethyl adjacent to an activating group) is 2. The zero-order chi connectivity index (χ0) is 14.3. The molecule has 0 N–H and O–H groups in total. The number of carbonyl (C=O) groups is 1. The molecule has 0 unspecified atom stereocenters. The second-order valence-electron chi connectivity index (χ2n) is 4.35. The number of anilines is 1. The normalized spacial score (nSPS) is 10.3. The maximum Gasteiger partial charge on any atom is 0.241 e. The Labute approximate surface area is 119 Å². The van der Waals surface area contributed by atoms with Gasteiger partial charge in [-0.3, -0.25) is 4.79 Å². The van der Waals surface area contributed by atoms with Crippen molar-refractivity contribution in [3.05, 3.63) is 23.4 Å². The molecule has 1 heterocycles. The molecule has 6 heteroatoms. The first-order valence-electron chi connectivity index (χ1n) is 6.10. The third kappa shape index (κ3) is 5.44. The van der Waals surface area contributed by atoms with E-state index < -0.39 is 0 Å². The highest BCUT2D eigenvalue weighted by molar-refractivity contribution is 6.30. The summed E-state index contributed by atoms with van der Waals surface area (Å²) in [6.07, 6.45) is 2.40. The SMILES string of the molecule is COCCCN(C)C(=O)CN(C)c1ccc(Cl)cn1. The first kappa shape index (κ1) is 15.7. The number of aromatic nitrogens is 1. The van der Waals surface area contributed by atoms with Crippen LogP contribution in [0, 0.1) is 0 Å². The molecule has 0 aliphatic rings. The van der Waals surface area contributed by atoms with Crippen LogP contribution in [0.25, 0.3) is 0 Å². The summed E-state index contributed by atoms with van der Waals surface area (Å²) in [6.45, 7) is 1.64. The van der Waals surface area contributed by atoms with Gasteiger partial charge in [0.15, 0.2) is 0 Å². The molecular formula is C13H20ClN3O2. The molecule has 1 amide bonds. The minimum absolute atomic E-state index is 0.0513. The molecule has 0 atom stereocenters. The molecule has 1 aromatic heterocycles. The molecule has 1 aromatic rings. The summed E-state index contributed by atoms with van der Waals surface area (Å²) in [5, 5.41) is 0.583. The summed E-state index contributed by atoms with van der Waals surface area (Å²) in [7, 11) is 5.28. The summed E-state index contributed by atoms with van der Waals surface area (Å²) in [4.78, 5) is 19.6. The fourth-order valence-corrected chi connectivity index (χ4v) is 1.68. The number of halogens is 1. The average molecular weight is 286 g/mol. The fraction of sp³-hybridized carbons (Fsp3) is 0.538. The van der Waals surface area contributed by atoms with E-state index in [0.717, 1.165) is 12.2 Å². The molecule has 0 saturated carbocycles. The van der Waals surface area contributed by atoms with Crippen LogP contribution in [0.5, 0.6) is 0 Å². The molecule has 5 nitrogen and oxygen atoms in total. The first-order chi connectivity index (χ1) is 9.04. The quantitative estimate of drug-likeness (QED) is 0.715. The first-order valence-corrected chi connectivity index (χ1v) is 6.48. The monoisotopic (exact) mass is 285 g/mol. The largest absolute Gasteiger partial charge is 0.385 e. The minimum atomic E-state index is 0.0513. The van der Waals surface area contributed by atoms with Gasteiger partial charge in [0.25, 0.3) is 0 Å². The van der Waals surface area contributed by atoms with Crippen LogP contribution in [0.15, 0.2) is 18.3 Å². The summed E-state index contributed by atoms with van der Waals surface area (Å²) in [5.41, 5.74) is 0. The molecule has 0 spiro atoms. The van der Waals surface area contributed by atoms with E-state index in [1.807, 2.05) is 7.05 Å². The molecule has 0 aliphatic heterocycles. The third-order valence-corrected chi connectivity index (χ3v) is 2.97. The lowest BCUT2D eigenvalue weighted by atomic mass is 10.3. The lowest BCUT2D eigenvalue weighted by Crippen LogP contribution is -2.37. The van der Waals surface area contributed by atoms with E-state index in [9.17, 15) is 4.79 Å². The Kier molecular flexibility index (Phi) is 6.59. The van der Waals surface area contributed by atoms with Crippen molar-refractivity contribution >= 4 is 23.3 Å². The summed E-state index contributed by atoms with van der Waals surface area (Å²) in [6, 6.07) is 3.55. The molecule has 0 aliphatic carbocycles. The second-order valence-corrected chi connectivity index (χ2v) is 4.79. The molecule has 1 rings (SSSR count). The Morgan fingerprint density at radius 3 is 2.74 bits per heavy atom. The minimum Gasteiger partial charge on any atom is -0.385 e. The van der Waals surface area contributed by atoms with Gasteiger partial charge < -0.3 is 14.5 Å². The highest BCUT2D eigenvalue weighted by Gasteiger charge is 2.12. The number of hydrogen-bond acceptors (Lipinski definition) is 4. The van der Waals surface area contributed by atoms with E-state index >= 15 is 0 Å². The van der Waals surface area contributed by atoms with Crippen LogP contribution in [0.3, 0.4) is 0 Å². The Bertz CT molecular complexity index is 397. The fourth-order valence-electron chi connectivity index (χ4n) is 1.57. The number of hydrogen-bond donors (Lipinski definition) is 0. The van der Waals surface area contributed by atoms with Crippen molar-refractivity contribution in [2.75, 3.05) is 45.8 Å². The van der Waals surface area contributed by atoms with E-state index in [2.05, 4.69) is 4.98 Å². The molecular weight excluding hydrogens is 266 g/mol. The number of ether oxygens (including phenoxy) is 1. The number of carbonyl (C=O) groups excluding carboxylic acids is 1. The number of rotatable bonds is 7. The third-order valence-electron chi connectivity index (χ3n) is 2.74. The number of pyridine rings is 1. The highest BCUT2D eigenvalue weighted by atomic mass is 35.5. The second kappa shape index (κ2) is 7.96. The standard InChI is InChI=1S/C13H20ClN3O2/c1-16(7-4-8-19-3)13(18)10-17(2)12-6-5-11(14)9-15-12/h5-6,9H,4,7-8,10H2,1-3H3.